The highest BCUT2D eigenvalue weighted by Crippen LogP contribution is 2.17. The van der Waals surface area contributed by atoms with Crippen molar-refractivity contribution in [3.63, 3.8) is 0 Å². The maximum atomic E-state index is 10.8. The fourth-order valence-corrected chi connectivity index (χ4v) is 1.28. The Labute approximate surface area is 86.6 Å². The van der Waals surface area contributed by atoms with Crippen molar-refractivity contribution in [3.8, 4) is 0 Å². The first-order valence-electron chi connectivity index (χ1n) is 5.09. The van der Waals surface area contributed by atoms with Crippen molar-refractivity contribution in [2.75, 3.05) is 6.61 Å². The molecule has 0 unspecified atom stereocenters. The molecular weight excluding hydrogens is 176 g/mol. The second-order valence-corrected chi connectivity index (χ2v) is 3.45. The zero-order valence-corrected chi connectivity index (χ0v) is 9.21. The van der Waals surface area contributed by atoms with Crippen LogP contribution in [0.25, 0.3) is 0 Å². The Hall–Kier alpha value is -1.05. The van der Waals surface area contributed by atoms with Gasteiger partial charge in [0.2, 0.25) is 0 Å². The van der Waals surface area contributed by atoms with Crippen LogP contribution in [0.5, 0.6) is 0 Å². The minimum Gasteiger partial charge on any atom is -0.458 e. The first-order chi connectivity index (χ1) is 6.63. The van der Waals surface area contributed by atoms with E-state index in [0.717, 1.165) is 24.8 Å². The molecule has 0 heterocycles. The number of carbonyl (C=O) groups is 1. The van der Waals surface area contributed by atoms with Crippen molar-refractivity contribution in [1.82, 2.24) is 0 Å². The Morgan fingerprint density at radius 2 is 2.00 bits per heavy atom. The lowest BCUT2D eigenvalue weighted by atomic mass is 9.95. The highest BCUT2D eigenvalue weighted by Gasteiger charge is 2.06. The van der Waals surface area contributed by atoms with Crippen molar-refractivity contribution in [2.45, 2.75) is 33.1 Å². The molecule has 0 N–H and O–H groups in total. The number of hydrogen-bond acceptors (Lipinski definition) is 2. The van der Waals surface area contributed by atoms with Crippen LogP contribution in [0.2, 0.25) is 0 Å². The molecule has 14 heavy (non-hydrogen) atoms. The molecule has 0 radical (unpaired) electrons. The lowest BCUT2D eigenvalue weighted by molar-refractivity contribution is -0.136. The maximum absolute atomic E-state index is 10.8. The van der Waals surface area contributed by atoms with Gasteiger partial charge in [-0.1, -0.05) is 39.8 Å². The predicted octanol–water partition coefficient (Wildman–Crippen LogP) is 3.10. The lowest BCUT2D eigenvalue weighted by Gasteiger charge is -2.13. The van der Waals surface area contributed by atoms with Crippen molar-refractivity contribution in [1.29, 1.82) is 0 Å². The van der Waals surface area contributed by atoms with Gasteiger partial charge in [-0.15, -0.1) is 0 Å². The molecule has 0 spiro atoms. The molecule has 0 fully saturated rings. The third-order valence-corrected chi connectivity index (χ3v) is 2.32. The van der Waals surface area contributed by atoms with Crippen LogP contribution in [0.15, 0.2) is 24.8 Å². The van der Waals surface area contributed by atoms with Crippen LogP contribution < -0.4 is 0 Å². The van der Waals surface area contributed by atoms with Crippen LogP contribution in [0.4, 0.5) is 0 Å². The topological polar surface area (TPSA) is 26.3 Å². The van der Waals surface area contributed by atoms with Gasteiger partial charge >= 0.3 is 5.97 Å². The number of ether oxygens (including phenoxy) is 1. The molecule has 0 rings (SSSR count). The molecular formula is C12H20O2. The van der Waals surface area contributed by atoms with Crippen molar-refractivity contribution in [3.05, 3.63) is 24.8 Å². The Morgan fingerprint density at radius 1 is 1.43 bits per heavy atom. The molecule has 0 saturated carbocycles. The van der Waals surface area contributed by atoms with Crippen molar-refractivity contribution in [2.24, 2.45) is 5.92 Å². The molecule has 0 aromatic heterocycles. The Kier molecular flexibility index (Phi) is 6.81. The van der Waals surface area contributed by atoms with E-state index in [-0.39, 0.29) is 5.97 Å². The molecule has 0 aromatic rings. The summed E-state index contributed by atoms with van der Waals surface area (Å²) in [6.07, 6.45) is 4.40. The number of hydrogen-bond donors (Lipinski definition) is 0. The standard InChI is InChI=1S/C12H20O2/c1-5-11(6-2)8-10(4)9-14-12(13)7-3/h7,11H,3-6,8-9H2,1-2H3. The van der Waals surface area contributed by atoms with Crippen LogP contribution in [0.3, 0.4) is 0 Å². The maximum Gasteiger partial charge on any atom is 0.330 e. The van der Waals surface area contributed by atoms with Crippen LogP contribution in [0, 0.1) is 5.92 Å². The van der Waals surface area contributed by atoms with Gasteiger partial charge in [0.25, 0.3) is 0 Å². The second kappa shape index (κ2) is 7.36. The Balaban J connectivity index is 3.74. The first-order valence-corrected chi connectivity index (χ1v) is 5.09. The quantitative estimate of drug-likeness (QED) is 0.355. The summed E-state index contributed by atoms with van der Waals surface area (Å²) in [7, 11) is 0. The summed E-state index contributed by atoms with van der Waals surface area (Å²) in [4.78, 5) is 10.8. The summed E-state index contributed by atoms with van der Waals surface area (Å²) in [5.74, 6) is 0.278. The number of rotatable bonds is 7. The summed E-state index contributed by atoms with van der Waals surface area (Å²) in [5, 5.41) is 0. The average Bonchev–Trinajstić information content (AvgIpc) is 2.22. The first kappa shape index (κ1) is 12.9. The molecule has 2 nitrogen and oxygen atoms in total. The van der Waals surface area contributed by atoms with Gasteiger partial charge in [0.15, 0.2) is 0 Å². The van der Waals surface area contributed by atoms with Gasteiger partial charge in [-0.25, -0.2) is 4.79 Å². The van der Waals surface area contributed by atoms with Crippen molar-refractivity contribution >= 4 is 5.97 Å². The summed E-state index contributed by atoms with van der Waals surface area (Å²) in [6, 6.07) is 0. The minimum absolute atomic E-state index is 0.321. The number of carbonyl (C=O) groups excluding carboxylic acids is 1. The molecule has 0 aliphatic rings. The zero-order chi connectivity index (χ0) is 11.0. The van der Waals surface area contributed by atoms with E-state index in [1.165, 1.54) is 6.08 Å². The fraction of sp³-hybridized carbons (Fsp3) is 0.583. The second-order valence-electron chi connectivity index (χ2n) is 3.45. The van der Waals surface area contributed by atoms with Gasteiger partial charge in [0, 0.05) is 6.08 Å². The molecule has 2 heteroatoms. The summed E-state index contributed by atoms with van der Waals surface area (Å²) >= 11 is 0. The SMILES string of the molecule is C=CC(=O)OCC(=C)CC(CC)CC. The summed E-state index contributed by atoms with van der Waals surface area (Å²) < 4.78 is 4.89. The predicted molar refractivity (Wildman–Crippen MR) is 59.0 cm³/mol. The monoisotopic (exact) mass is 196 g/mol. The van der Waals surface area contributed by atoms with Crippen LogP contribution >= 0.6 is 0 Å². The molecule has 0 aromatic carbocycles. The molecule has 0 saturated heterocycles. The lowest BCUT2D eigenvalue weighted by Crippen LogP contribution is -2.07. The average molecular weight is 196 g/mol. The van der Waals surface area contributed by atoms with Gasteiger partial charge in [-0.05, 0) is 17.9 Å². The number of esters is 1. The van der Waals surface area contributed by atoms with Crippen molar-refractivity contribution < 1.29 is 9.53 Å². The smallest absolute Gasteiger partial charge is 0.330 e. The molecule has 0 aliphatic heterocycles. The largest absolute Gasteiger partial charge is 0.458 e. The van der Waals surface area contributed by atoms with E-state index >= 15 is 0 Å². The summed E-state index contributed by atoms with van der Waals surface area (Å²) in [6.45, 7) is 11.9. The van der Waals surface area contributed by atoms with E-state index in [2.05, 4.69) is 27.0 Å². The molecule has 0 aliphatic carbocycles. The summed E-state index contributed by atoms with van der Waals surface area (Å²) in [5.41, 5.74) is 0.980. The highest BCUT2D eigenvalue weighted by molar-refractivity contribution is 5.81. The van der Waals surface area contributed by atoms with E-state index in [1.54, 1.807) is 0 Å². The Bertz CT molecular complexity index is 202. The van der Waals surface area contributed by atoms with Crippen LogP contribution in [-0.4, -0.2) is 12.6 Å². The van der Waals surface area contributed by atoms with E-state index < -0.39 is 0 Å². The molecule has 0 atom stereocenters. The van der Waals surface area contributed by atoms with Gasteiger partial charge in [0.1, 0.15) is 6.61 Å². The van der Waals surface area contributed by atoms with E-state index in [0.29, 0.717) is 12.5 Å². The van der Waals surface area contributed by atoms with Crippen LogP contribution in [0.1, 0.15) is 33.1 Å². The fourth-order valence-electron chi connectivity index (χ4n) is 1.28. The van der Waals surface area contributed by atoms with E-state index in [9.17, 15) is 4.79 Å². The molecule has 0 bridgehead atoms. The van der Waals surface area contributed by atoms with E-state index in [4.69, 9.17) is 4.74 Å². The Morgan fingerprint density at radius 3 is 2.43 bits per heavy atom. The molecule has 80 valence electrons. The van der Waals surface area contributed by atoms with Gasteiger partial charge in [-0.3, -0.25) is 0 Å². The van der Waals surface area contributed by atoms with E-state index in [1.807, 2.05) is 0 Å². The third kappa shape index (κ3) is 5.57. The van der Waals surface area contributed by atoms with Gasteiger partial charge in [0.05, 0.1) is 0 Å². The van der Waals surface area contributed by atoms with Crippen LogP contribution in [-0.2, 0) is 9.53 Å². The minimum atomic E-state index is -0.379. The zero-order valence-electron chi connectivity index (χ0n) is 9.21. The molecule has 0 amide bonds. The highest BCUT2D eigenvalue weighted by atomic mass is 16.5. The normalized spacial score (nSPS) is 9.93. The van der Waals surface area contributed by atoms with Gasteiger partial charge < -0.3 is 4.74 Å². The third-order valence-electron chi connectivity index (χ3n) is 2.32. The van der Waals surface area contributed by atoms with Gasteiger partial charge in [-0.2, -0.15) is 0 Å².